The van der Waals surface area contributed by atoms with Gasteiger partial charge in [-0.05, 0) is 17.7 Å². The van der Waals surface area contributed by atoms with E-state index in [2.05, 4.69) is 5.10 Å². The first-order valence-electron chi connectivity index (χ1n) is 5.35. The van der Waals surface area contributed by atoms with Crippen molar-refractivity contribution in [2.75, 3.05) is 28.0 Å². The van der Waals surface area contributed by atoms with Crippen LogP contribution in [0.5, 0.6) is 11.5 Å². The van der Waals surface area contributed by atoms with Gasteiger partial charge in [0.1, 0.15) is 0 Å². The molecular formula is C12H16N2O3. The second kappa shape index (κ2) is 4.95. The predicted octanol–water partition coefficient (Wildman–Crippen LogP) is 1.48. The Morgan fingerprint density at radius 3 is 2.65 bits per heavy atom. The van der Waals surface area contributed by atoms with Crippen molar-refractivity contribution < 1.29 is 14.2 Å². The summed E-state index contributed by atoms with van der Waals surface area (Å²) in [5.74, 6) is 2.17. The number of nitrogens with zero attached hydrogens (tertiary/aromatic N) is 2. The van der Waals surface area contributed by atoms with Crippen molar-refractivity contribution in [2.45, 2.75) is 6.42 Å². The predicted molar refractivity (Wildman–Crippen MR) is 64.4 cm³/mol. The number of benzene rings is 1. The second-order valence-electron chi connectivity index (χ2n) is 3.79. The van der Waals surface area contributed by atoms with Crippen molar-refractivity contribution in [2.24, 2.45) is 5.10 Å². The van der Waals surface area contributed by atoms with Gasteiger partial charge in [-0.15, -0.1) is 5.10 Å². The van der Waals surface area contributed by atoms with E-state index in [4.69, 9.17) is 14.2 Å². The molecule has 2 rings (SSSR count). The van der Waals surface area contributed by atoms with Crippen LogP contribution in [-0.4, -0.2) is 38.9 Å². The molecule has 1 aromatic rings. The minimum Gasteiger partial charge on any atom is -0.493 e. The highest BCUT2D eigenvalue weighted by Crippen LogP contribution is 2.28. The monoisotopic (exact) mass is 236 g/mol. The Balaban J connectivity index is 2.14. The molecular weight excluding hydrogens is 220 g/mol. The zero-order valence-corrected chi connectivity index (χ0v) is 10.3. The van der Waals surface area contributed by atoms with Gasteiger partial charge in [-0.25, -0.2) is 0 Å². The van der Waals surface area contributed by atoms with Crippen LogP contribution in [0.15, 0.2) is 23.3 Å². The van der Waals surface area contributed by atoms with Gasteiger partial charge in [0.25, 0.3) is 0 Å². The molecule has 0 saturated carbocycles. The van der Waals surface area contributed by atoms with Crippen molar-refractivity contribution in [3.05, 3.63) is 23.8 Å². The van der Waals surface area contributed by atoms with Crippen molar-refractivity contribution in [3.63, 3.8) is 0 Å². The summed E-state index contributed by atoms with van der Waals surface area (Å²) in [4.78, 5) is 0. The molecule has 0 bridgehead atoms. The lowest BCUT2D eigenvalue weighted by molar-refractivity contribution is 0.196. The van der Waals surface area contributed by atoms with E-state index >= 15 is 0 Å². The zero-order valence-electron chi connectivity index (χ0n) is 10.3. The van der Waals surface area contributed by atoms with Crippen LogP contribution in [0.2, 0.25) is 0 Å². The van der Waals surface area contributed by atoms with Crippen LogP contribution in [0.3, 0.4) is 0 Å². The summed E-state index contributed by atoms with van der Waals surface area (Å²) in [7, 11) is 5.12. The SMILES string of the molecule is COc1ccc(CC2=NN(C)CO2)cc1OC. The number of methoxy groups -OCH3 is 2. The fourth-order valence-electron chi connectivity index (χ4n) is 1.67. The first-order chi connectivity index (χ1) is 8.22. The van der Waals surface area contributed by atoms with Crippen molar-refractivity contribution in [3.8, 4) is 11.5 Å². The van der Waals surface area contributed by atoms with E-state index in [1.165, 1.54) is 0 Å². The van der Waals surface area contributed by atoms with Gasteiger partial charge in [0.2, 0.25) is 5.90 Å². The van der Waals surface area contributed by atoms with E-state index in [-0.39, 0.29) is 0 Å². The van der Waals surface area contributed by atoms with Crippen molar-refractivity contribution in [1.29, 1.82) is 0 Å². The number of hydrogen-bond acceptors (Lipinski definition) is 5. The standard InChI is InChI=1S/C12H16N2O3/c1-14-8-17-12(13-14)7-9-4-5-10(15-2)11(6-9)16-3/h4-6H,7-8H2,1-3H3. The van der Waals surface area contributed by atoms with E-state index in [1.54, 1.807) is 19.2 Å². The molecule has 1 aromatic carbocycles. The number of hydrogen-bond donors (Lipinski definition) is 0. The van der Waals surface area contributed by atoms with Crippen LogP contribution in [-0.2, 0) is 11.2 Å². The first-order valence-corrected chi connectivity index (χ1v) is 5.35. The number of ether oxygens (including phenoxy) is 3. The van der Waals surface area contributed by atoms with Crippen molar-refractivity contribution in [1.82, 2.24) is 5.01 Å². The van der Waals surface area contributed by atoms with Gasteiger partial charge in [-0.3, -0.25) is 5.01 Å². The third-order valence-corrected chi connectivity index (χ3v) is 2.50. The van der Waals surface area contributed by atoms with Crippen LogP contribution in [0.1, 0.15) is 5.56 Å². The molecule has 17 heavy (non-hydrogen) atoms. The fourth-order valence-corrected chi connectivity index (χ4v) is 1.67. The summed E-state index contributed by atoms with van der Waals surface area (Å²) in [5, 5.41) is 6.00. The maximum Gasteiger partial charge on any atom is 0.212 e. The van der Waals surface area contributed by atoms with E-state index in [1.807, 2.05) is 25.2 Å². The van der Waals surface area contributed by atoms with E-state index in [9.17, 15) is 0 Å². The Hall–Kier alpha value is -1.91. The van der Waals surface area contributed by atoms with E-state index in [0.29, 0.717) is 13.2 Å². The van der Waals surface area contributed by atoms with Crippen LogP contribution < -0.4 is 9.47 Å². The molecule has 92 valence electrons. The minimum atomic E-state index is 0.516. The molecule has 0 fully saturated rings. The van der Waals surface area contributed by atoms with Gasteiger partial charge < -0.3 is 14.2 Å². The van der Waals surface area contributed by atoms with Crippen LogP contribution in [0.25, 0.3) is 0 Å². The molecule has 0 spiro atoms. The lowest BCUT2D eigenvalue weighted by Crippen LogP contribution is -2.06. The summed E-state index contributed by atoms with van der Waals surface area (Å²) in [5.41, 5.74) is 1.08. The molecule has 0 radical (unpaired) electrons. The van der Waals surface area contributed by atoms with Gasteiger partial charge in [0.05, 0.1) is 20.6 Å². The summed E-state index contributed by atoms with van der Waals surface area (Å²) in [6, 6.07) is 5.79. The second-order valence-corrected chi connectivity index (χ2v) is 3.79. The summed E-state index contributed by atoms with van der Waals surface area (Å²) >= 11 is 0. The highest BCUT2D eigenvalue weighted by molar-refractivity contribution is 5.79. The highest BCUT2D eigenvalue weighted by atomic mass is 16.5. The quantitative estimate of drug-likeness (QED) is 0.794. The molecule has 1 heterocycles. The average molecular weight is 236 g/mol. The van der Waals surface area contributed by atoms with Gasteiger partial charge in [-0.2, -0.15) is 0 Å². The minimum absolute atomic E-state index is 0.516. The van der Waals surface area contributed by atoms with Crippen molar-refractivity contribution >= 4 is 5.90 Å². The fraction of sp³-hybridized carbons (Fsp3) is 0.417. The molecule has 0 N–H and O–H groups in total. The number of hydrazone groups is 1. The smallest absolute Gasteiger partial charge is 0.212 e. The topological polar surface area (TPSA) is 43.3 Å². The van der Waals surface area contributed by atoms with Gasteiger partial charge >= 0.3 is 0 Å². The molecule has 0 amide bonds. The molecule has 0 atom stereocenters. The summed E-state index contributed by atoms with van der Waals surface area (Å²) in [6.07, 6.45) is 0.657. The Kier molecular flexibility index (Phi) is 3.37. The molecule has 0 unspecified atom stereocenters. The molecule has 0 saturated heterocycles. The third kappa shape index (κ3) is 2.61. The first kappa shape index (κ1) is 11.6. The molecule has 0 aliphatic carbocycles. The maximum atomic E-state index is 5.40. The van der Waals surface area contributed by atoms with Gasteiger partial charge in [0, 0.05) is 7.05 Å². The molecule has 5 heteroatoms. The van der Waals surface area contributed by atoms with Crippen LogP contribution in [0.4, 0.5) is 0 Å². The average Bonchev–Trinajstić information content (AvgIpc) is 2.74. The number of rotatable bonds is 4. The van der Waals surface area contributed by atoms with Gasteiger partial charge in [0.15, 0.2) is 18.2 Å². The Bertz CT molecular complexity index is 432. The highest BCUT2D eigenvalue weighted by Gasteiger charge is 2.13. The van der Waals surface area contributed by atoms with Crippen LogP contribution >= 0.6 is 0 Å². The Morgan fingerprint density at radius 2 is 2.06 bits per heavy atom. The van der Waals surface area contributed by atoms with Crippen LogP contribution in [0, 0.1) is 0 Å². The lowest BCUT2D eigenvalue weighted by Gasteiger charge is -2.09. The summed E-state index contributed by atoms with van der Waals surface area (Å²) < 4.78 is 15.8. The Morgan fingerprint density at radius 1 is 1.29 bits per heavy atom. The van der Waals surface area contributed by atoms with E-state index < -0.39 is 0 Å². The molecule has 0 aromatic heterocycles. The molecule has 1 aliphatic heterocycles. The summed E-state index contributed by atoms with van der Waals surface area (Å²) in [6.45, 7) is 0.516. The van der Waals surface area contributed by atoms with Gasteiger partial charge in [-0.1, -0.05) is 6.07 Å². The third-order valence-electron chi connectivity index (χ3n) is 2.50. The molecule has 1 aliphatic rings. The van der Waals surface area contributed by atoms with E-state index in [0.717, 1.165) is 23.0 Å². The zero-order chi connectivity index (χ0) is 12.3. The normalized spacial score (nSPS) is 14.3. The maximum absolute atomic E-state index is 5.40. The molecule has 5 nitrogen and oxygen atoms in total. The Labute approximate surface area is 101 Å². The largest absolute Gasteiger partial charge is 0.493 e. The lowest BCUT2D eigenvalue weighted by atomic mass is 10.1.